The smallest absolute Gasteiger partial charge is 0.317 e. The highest BCUT2D eigenvalue weighted by atomic mass is 35.5. The van der Waals surface area contributed by atoms with Crippen molar-refractivity contribution < 1.29 is 4.79 Å². The molecule has 0 unspecified atom stereocenters. The van der Waals surface area contributed by atoms with Gasteiger partial charge in [0.05, 0.1) is 5.69 Å². The third-order valence-corrected chi connectivity index (χ3v) is 4.35. The van der Waals surface area contributed by atoms with Crippen molar-refractivity contribution in [3.63, 3.8) is 0 Å². The Morgan fingerprint density at radius 1 is 1.43 bits per heavy atom. The number of urea groups is 1. The SMILES string of the molecule is Cc1cc(C[C@H](C)NC(=O)N2CCc3cc(Cl)ccc3C2)n[nH]1. The average molecular weight is 333 g/mol. The third kappa shape index (κ3) is 3.85. The molecule has 2 amide bonds. The summed E-state index contributed by atoms with van der Waals surface area (Å²) in [7, 11) is 0. The molecule has 5 nitrogen and oxygen atoms in total. The van der Waals surface area contributed by atoms with Gasteiger partial charge in [0.2, 0.25) is 0 Å². The van der Waals surface area contributed by atoms with Crippen molar-refractivity contribution in [1.29, 1.82) is 0 Å². The van der Waals surface area contributed by atoms with E-state index in [9.17, 15) is 4.79 Å². The molecular formula is C17H21ClN4O. The van der Waals surface area contributed by atoms with Gasteiger partial charge in [0.15, 0.2) is 0 Å². The highest BCUT2D eigenvalue weighted by molar-refractivity contribution is 6.30. The molecule has 1 aromatic heterocycles. The summed E-state index contributed by atoms with van der Waals surface area (Å²) in [5.74, 6) is 0. The number of amides is 2. The van der Waals surface area contributed by atoms with Crippen LogP contribution in [0.5, 0.6) is 0 Å². The van der Waals surface area contributed by atoms with E-state index in [1.54, 1.807) is 0 Å². The summed E-state index contributed by atoms with van der Waals surface area (Å²) in [6.45, 7) is 5.32. The van der Waals surface area contributed by atoms with Gasteiger partial charge in [-0.1, -0.05) is 17.7 Å². The second-order valence-electron chi connectivity index (χ2n) is 6.18. The molecule has 1 atom stereocenters. The Kier molecular flexibility index (Phi) is 4.57. The van der Waals surface area contributed by atoms with Crippen LogP contribution in [0.2, 0.25) is 5.02 Å². The lowest BCUT2D eigenvalue weighted by atomic mass is 10.0. The van der Waals surface area contributed by atoms with Gasteiger partial charge in [0.25, 0.3) is 0 Å². The molecule has 0 saturated carbocycles. The van der Waals surface area contributed by atoms with E-state index >= 15 is 0 Å². The maximum atomic E-state index is 12.4. The lowest BCUT2D eigenvalue weighted by Gasteiger charge is -2.30. The molecule has 2 heterocycles. The van der Waals surface area contributed by atoms with E-state index in [1.807, 2.05) is 43.0 Å². The van der Waals surface area contributed by atoms with E-state index in [0.717, 1.165) is 29.3 Å². The van der Waals surface area contributed by atoms with E-state index in [-0.39, 0.29) is 12.1 Å². The van der Waals surface area contributed by atoms with Crippen molar-refractivity contribution in [3.05, 3.63) is 51.8 Å². The number of hydrogen-bond acceptors (Lipinski definition) is 2. The quantitative estimate of drug-likeness (QED) is 0.907. The largest absolute Gasteiger partial charge is 0.335 e. The number of H-pyrrole nitrogens is 1. The highest BCUT2D eigenvalue weighted by Crippen LogP contribution is 2.22. The average Bonchev–Trinajstić information content (AvgIpc) is 2.91. The van der Waals surface area contributed by atoms with Crippen molar-refractivity contribution in [3.8, 4) is 0 Å². The second-order valence-corrected chi connectivity index (χ2v) is 6.62. The topological polar surface area (TPSA) is 61.0 Å². The molecule has 1 aliphatic heterocycles. The summed E-state index contributed by atoms with van der Waals surface area (Å²) in [5, 5.41) is 10.9. The van der Waals surface area contributed by atoms with E-state index in [4.69, 9.17) is 11.6 Å². The van der Waals surface area contributed by atoms with Crippen LogP contribution in [-0.4, -0.2) is 33.7 Å². The van der Waals surface area contributed by atoms with Crippen LogP contribution in [0.3, 0.4) is 0 Å². The Morgan fingerprint density at radius 2 is 2.26 bits per heavy atom. The number of nitrogens with one attached hydrogen (secondary N) is 2. The van der Waals surface area contributed by atoms with Gasteiger partial charge in [-0.15, -0.1) is 0 Å². The molecule has 2 N–H and O–H groups in total. The number of aryl methyl sites for hydroxylation is 1. The summed E-state index contributed by atoms with van der Waals surface area (Å²) >= 11 is 6.02. The van der Waals surface area contributed by atoms with E-state index in [1.165, 1.54) is 11.1 Å². The molecule has 6 heteroatoms. The normalized spacial score (nSPS) is 15.2. The Balaban J connectivity index is 1.57. The second kappa shape index (κ2) is 6.62. The third-order valence-electron chi connectivity index (χ3n) is 4.11. The molecule has 0 aliphatic carbocycles. The molecule has 1 aliphatic rings. The minimum atomic E-state index is -0.0228. The number of nitrogens with zero attached hydrogens (tertiary/aromatic N) is 2. The lowest BCUT2D eigenvalue weighted by molar-refractivity contribution is 0.189. The Bertz CT molecular complexity index is 712. The Labute approximate surface area is 141 Å². The standard InChI is InChI=1S/C17H21ClN4O/c1-11(7-16-8-12(2)20-21-16)19-17(23)22-6-5-13-9-15(18)4-3-14(13)10-22/h3-4,8-9,11H,5-7,10H2,1-2H3,(H,19,23)(H,20,21)/t11-/m0/s1. The Hall–Kier alpha value is -2.01. The van der Waals surface area contributed by atoms with Crippen LogP contribution >= 0.6 is 11.6 Å². The number of fused-ring (bicyclic) bond motifs is 1. The predicted molar refractivity (Wildman–Crippen MR) is 90.6 cm³/mol. The van der Waals surface area contributed by atoms with Gasteiger partial charge in [-0.25, -0.2) is 4.79 Å². The van der Waals surface area contributed by atoms with Crippen LogP contribution in [0, 0.1) is 6.92 Å². The zero-order valence-electron chi connectivity index (χ0n) is 13.4. The fraction of sp³-hybridized carbons (Fsp3) is 0.412. The van der Waals surface area contributed by atoms with Crippen LogP contribution in [0.1, 0.15) is 29.4 Å². The fourth-order valence-electron chi connectivity index (χ4n) is 2.94. The van der Waals surface area contributed by atoms with Crippen LogP contribution in [0.15, 0.2) is 24.3 Å². The number of carbonyl (C=O) groups is 1. The number of carbonyl (C=O) groups excluding carboxylic acids is 1. The molecular weight excluding hydrogens is 312 g/mol. The molecule has 0 fully saturated rings. The summed E-state index contributed by atoms with van der Waals surface area (Å²) < 4.78 is 0. The fourth-order valence-corrected chi connectivity index (χ4v) is 3.14. The molecule has 1 aromatic carbocycles. The molecule has 0 spiro atoms. The number of benzene rings is 1. The zero-order chi connectivity index (χ0) is 16.4. The van der Waals surface area contributed by atoms with Crippen molar-refractivity contribution in [2.45, 2.75) is 39.3 Å². The monoisotopic (exact) mass is 332 g/mol. The van der Waals surface area contributed by atoms with E-state index in [2.05, 4.69) is 15.5 Å². The molecule has 23 heavy (non-hydrogen) atoms. The number of hydrogen-bond donors (Lipinski definition) is 2. The van der Waals surface area contributed by atoms with Crippen LogP contribution in [-0.2, 0) is 19.4 Å². The van der Waals surface area contributed by atoms with Crippen molar-refractivity contribution in [1.82, 2.24) is 20.4 Å². The molecule has 0 radical (unpaired) electrons. The first-order valence-corrected chi connectivity index (χ1v) is 8.22. The number of aromatic nitrogens is 2. The predicted octanol–water partition coefficient (Wildman–Crippen LogP) is 3.07. The van der Waals surface area contributed by atoms with Crippen LogP contribution in [0.4, 0.5) is 4.79 Å². The summed E-state index contributed by atoms with van der Waals surface area (Å²) in [6, 6.07) is 7.90. The van der Waals surface area contributed by atoms with E-state index in [0.29, 0.717) is 13.1 Å². The van der Waals surface area contributed by atoms with Gasteiger partial charge < -0.3 is 10.2 Å². The van der Waals surface area contributed by atoms with Gasteiger partial charge in [0, 0.05) is 36.3 Å². The van der Waals surface area contributed by atoms with Gasteiger partial charge in [-0.05, 0) is 49.6 Å². The van der Waals surface area contributed by atoms with Gasteiger partial charge >= 0.3 is 6.03 Å². The van der Waals surface area contributed by atoms with Crippen molar-refractivity contribution in [2.75, 3.05) is 6.54 Å². The number of halogens is 1. The van der Waals surface area contributed by atoms with Crippen LogP contribution in [0.25, 0.3) is 0 Å². The molecule has 3 rings (SSSR count). The van der Waals surface area contributed by atoms with Gasteiger partial charge in [0.1, 0.15) is 0 Å². The Morgan fingerprint density at radius 3 is 3.00 bits per heavy atom. The highest BCUT2D eigenvalue weighted by Gasteiger charge is 2.22. The summed E-state index contributed by atoms with van der Waals surface area (Å²) in [5.41, 5.74) is 4.41. The summed E-state index contributed by atoms with van der Waals surface area (Å²) in [6.07, 6.45) is 1.56. The van der Waals surface area contributed by atoms with Gasteiger partial charge in [-0.2, -0.15) is 5.10 Å². The molecule has 0 saturated heterocycles. The van der Waals surface area contributed by atoms with Crippen molar-refractivity contribution in [2.24, 2.45) is 0 Å². The zero-order valence-corrected chi connectivity index (χ0v) is 14.2. The maximum absolute atomic E-state index is 12.4. The van der Waals surface area contributed by atoms with Crippen molar-refractivity contribution >= 4 is 17.6 Å². The molecule has 0 bridgehead atoms. The number of rotatable bonds is 3. The lowest BCUT2D eigenvalue weighted by Crippen LogP contribution is -2.46. The maximum Gasteiger partial charge on any atom is 0.317 e. The first-order valence-electron chi connectivity index (χ1n) is 7.85. The van der Waals surface area contributed by atoms with E-state index < -0.39 is 0 Å². The molecule has 2 aromatic rings. The number of aromatic amines is 1. The minimum Gasteiger partial charge on any atom is -0.335 e. The van der Waals surface area contributed by atoms with Crippen LogP contribution < -0.4 is 5.32 Å². The first kappa shape index (κ1) is 15.9. The minimum absolute atomic E-state index is 0.0228. The summed E-state index contributed by atoms with van der Waals surface area (Å²) in [4.78, 5) is 14.3. The van der Waals surface area contributed by atoms with Gasteiger partial charge in [-0.3, -0.25) is 5.10 Å². The first-order chi connectivity index (χ1) is 11.0. The molecule has 122 valence electrons.